The van der Waals surface area contributed by atoms with E-state index < -0.39 is 17.6 Å². The molecule has 0 aromatic heterocycles. The number of rotatable bonds is 2. The molecule has 30 heavy (non-hydrogen) atoms. The monoisotopic (exact) mass is 424 g/mol. The molecule has 1 heterocycles. The van der Waals surface area contributed by atoms with E-state index in [9.17, 15) is 22.8 Å². The molecule has 0 saturated heterocycles. The highest BCUT2D eigenvalue weighted by molar-refractivity contribution is 5.89. The van der Waals surface area contributed by atoms with Gasteiger partial charge in [0, 0.05) is 17.4 Å². The van der Waals surface area contributed by atoms with Crippen molar-refractivity contribution in [2.75, 3.05) is 0 Å². The molecular weight excluding hydrogens is 393 g/mol. The van der Waals surface area contributed by atoms with E-state index in [2.05, 4.69) is 30.6 Å². The van der Waals surface area contributed by atoms with Crippen molar-refractivity contribution in [2.24, 2.45) is 34.5 Å². The van der Waals surface area contributed by atoms with Crippen LogP contribution in [0.4, 0.5) is 13.2 Å². The number of halogens is 3. The van der Waals surface area contributed by atoms with Gasteiger partial charge in [-0.1, -0.05) is 19.9 Å². The molecule has 2 amide bonds. The molecule has 0 radical (unpaired) electrons. The van der Waals surface area contributed by atoms with Gasteiger partial charge in [0.1, 0.15) is 5.54 Å². The van der Waals surface area contributed by atoms with Crippen molar-refractivity contribution in [1.82, 2.24) is 10.6 Å². The lowest BCUT2D eigenvalue weighted by Gasteiger charge is -2.58. The molecule has 7 atom stereocenters. The van der Waals surface area contributed by atoms with Gasteiger partial charge in [0.05, 0.1) is 0 Å². The summed E-state index contributed by atoms with van der Waals surface area (Å²) in [6.45, 7) is 4.39. The van der Waals surface area contributed by atoms with Crippen molar-refractivity contribution in [3.05, 3.63) is 12.2 Å². The number of fused-ring (bicyclic) bond motifs is 5. The van der Waals surface area contributed by atoms with Gasteiger partial charge in [0.15, 0.2) is 0 Å². The van der Waals surface area contributed by atoms with Crippen LogP contribution in [0.2, 0.25) is 0 Å². The lowest BCUT2D eigenvalue weighted by atomic mass is 9.48. The molecule has 4 aliphatic carbocycles. The van der Waals surface area contributed by atoms with Crippen LogP contribution in [0.25, 0.3) is 0 Å². The number of carbonyl (C=O) groups excluding carboxylic acids is 2. The van der Waals surface area contributed by atoms with Crippen LogP contribution in [-0.2, 0) is 9.59 Å². The van der Waals surface area contributed by atoms with Gasteiger partial charge in [-0.25, -0.2) is 0 Å². The van der Waals surface area contributed by atoms with Crippen molar-refractivity contribution in [1.29, 1.82) is 0 Å². The first-order chi connectivity index (χ1) is 14.0. The van der Waals surface area contributed by atoms with Crippen LogP contribution in [-0.4, -0.2) is 29.6 Å². The first-order valence-corrected chi connectivity index (χ1v) is 11.4. The molecule has 0 spiro atoms. The number of hydrogen-bond donors (Lipinski definition) is 2. The van der Waals surface area contributed by atoms with Gasteiger partial charge >= 0.3 is 6.18 Å². The van der Waals surface area contributed by atoms with Gasteiger partial charge in [-0.2, -0.15) is 13.2 Å². The Morgan fingerprint density at radius 1 is 1.07 bits per heavy atom. The lowest BCUT2D eigenvalue weighted by Crippen LogP contribution is -2.60. The summed E-state index contributed by atoms with van der Waals surface area (Å²) in [5.74, 6) is 0.510. The zero-order chi connectivity index (χ0) is 21.5. The quantitative estimate of drug-likeness (QED) is 0.701. The van der Waals surface area contributed by atoms with E-state index in [1.165, 1.54) is 0 Å². The predicted octanol–water partition coefficient (Wildman–Crippen LogP) is 4.11. The summed E-state index contributed by atoms with van der Waals surface area (Å²) in [7, 11) is 0. The van der Waals surface area contributed by atoms with E-state index in [4.69, 9.17) is 0 Å². The third-order valence-electron chi connectivity index (χ3n) is 9.66. The zero-order valence-electron chi connectivity index (χ0n) is 17.6. The fourth-order valence-electron chi connectivity index (χ4n) is 7.69. The van der Waals surface area contributed by atoms with Crippen molar-refractivity contribution >= 4 is 11.8 Å². The predicted molar refractivity (Wildman–Crippen MR) is 105 cm³/mol. The Bertz CT molecular complexity index is 805. The number of carbonyl (C=O) groups is 2. The lowest BCUT2D eigenvalue weighted by molar-refractivity contribution is -0.173. The van der Waals surface area contributed by atoms with Gasteiger partial charge in [-0.3, -0.25) is 9.59 Å². The first-order valence-electron chi connectivity index (χ1n) is 11.4. The molecule has 7 heteroatoms. The number of hydrogen-bond acceptors (Lipinski definition) is 2. The van der Waals surface area contributed by atoms with E-state index in [0.717, 1.165) is 32.1 Å². The molecule has 0 unspecified atom stereocenters. The number of alkyl halides is 3. The molecule has 0 bridgehead atoms. The molecule has 1 aliphatic heterocycles. The fourth-order valence-corrected chi connectivity index (χ4v) is 7.69. The Balaban J connectivity index is 1.36. The molecular formula is C23H31F3N2O2. The minimum absolute atomic E-state index is 0.00238. The molecule has 4 nitrogen and oxygen atoms in total. The van der Waals surface area contributed by atoms with Crippen LogP contribution in [0.1, 0.15) is 65.2 Å². The Hall–Kier alpha value is -1.53. The van der Waals surface area contributed by atoms with Crippen molar-refractivity contribution < 1.29 is 22.8 Å². The van der Waals surface area contributed by atoms with E-state index >= 15 is 0 Å². The average Bonchev–Trinajstić information content (AvgIpc) is 3.36. The van der Waals surface area contributed by atoms with Gasteiger partial charge < -0.3 is 10.6 Å². The molecule has 4 saturated carbocycles. The summed E-state index contributed by atoms with van der Waals surface area (Å²) in [4.78, 5) is 24.9. The third kappa shape index (κ3) is 2.72. The molecule has 0 aromatic rings. The van der Waals surface area contributed by atoms with Crippen LogP contribution in [0.5, 0.6) is 0 Å². The van der Waals surface area contributed by atoms with Gasteiger partial charge in [0.2, 0.25) is 11.8 Å². The molecule has 0 aromatic carbocycles. The molecule has 2 N–H and O–H groups in total. The normalized spacial score (nSPS) is 46.3. The Morgan fingerprint density at radius 2 is 1.80 bits per heavy atom. The molecule has 4 fully saturated rings. The van der Waals surface area contributed by atoms with E-state index in [1.54, 1.807) is 6.08 Å². The Morgan fingerprint density at radius 3 is 2.47 bits per heavy atom. The second-order valence-electron chi connectivity index (χ2n) is 11.0. The number of nitrogens with one attached hydrogen (secondary N) is 2. The SMILES string of the molecule is C[C@]12C=CC(=O)N[C@@H]1CC[C@@H]1[C@@H]2CC[C@]2(C)[C@@H](C(=O)NC3(C(F)(F)F)CC3)CC[C@@H]12. The van der Waals surface area contributed by atoms with Crippen LogP contribution < -0.4 is 10.6 Å². The van der Waals surface area contributed by atoms with Crippen LogP contribution in [0.3, 0.4) is 0 Å². The maximum Gasteiger partial charge on any atom is 0.411 e. The second-order valence-corrected chi connectivity index (χ2v) is 11.0. The van der Waals surface area contributed by atoms with Crippen LogP contribution >= 0.6 is 0 Å². The molecule has 166 valence electrons. The van der Waals surface area contributed by atoms with Crippen molar-refractivity contribution in [3.63, 3.8) is 0 Å². The molecule has 5 rings (SSSR count). The minimum atomic E-state index is -4.37. The van der Waals surface area contributed by atoms with Gasteiger partial charge in [-0.05, 0) is 80.6 Å². The maximum atomic E-state index is 13.4. The first kappa shape index (κ1) is 20.4. The summed E-state index contributed by atoms with van der Waals surface area (Å²) in [6.07, 6.45) is 4.72. The Kier molecular flexibility index (Phi) is 4.25. The van der Waals surface area contributed by atoms with Crippen molar-refractivity contribution in [2.45, 2.75) is 83.0 Å². The highest BCUT2D eigenvalue weighted by atomic mass is 19.4. The average molecular weight is 425 g/mol. The summed E-state index contributed by atoms with van der Waals surface area (Å²) in [5, 5.41) is 5.55. The van der Waals surface area contributed by atoms with Crippen molar-refractivity contribution in [3.8, 4) is 0 Å². The van der Waals surface area contributed by atoms with Gasteiger partial charge in [0.25, 0.3) is 0 Å². The highest BCUT2D eigenvalue weighted by Gasteiger charge is 2.66. The Labute approximate surface area is 175 Å². The van der Waals surface area contributed by atoms with E-state index in [-0.39, 0.29) is 41.5 Å². The number of amides is 2. The zero-order valence-corrected chi connectivity index (χ0v) is 17.6. The second kappa shape index (κ2) is 6.26. The third-order valence-corrected chi connectivity index (χ3v) is 9.66. The largest absolute Gasteiger partial charge is 0.411 e. The molecule has 5 aliphatic rings. The van der Waals surface area contributed by atoms with Crippen LogP contribution in [0.15, 0.2) is 12.2 Å². The topological polar surface area (TPSA) is 58.2 Å². The summed E-state index contributed by atoms with van der Waals surface area (Å²) < 4.78 is 40.1. The smallest absolute Gasteiger partial charge is 0.349 e. The standard InChI is InChI=1S/C23H31F3N2O2/c1-20-9-7-15-13(3-6-17-21(15,2)10-8-18(29)27-17)14(20)4-5-16(20)19(30)28-22(11-12-22)23(24,25)26/h8,10,13-17H,3-7,9,11-12H2,1-2H3,(H,27,29)(H,28,30)/t13-,14-,15-,16+,17+,20-,21+/m0/s1. The summed E-state index contributed by atoms with van der Waals surface area (Å²) in [5.41, 5.74) is -2.29. The summed E-state index contributed by atoms with van der Waals surface area (Å²) >= 11 is 0. The van der Waals surface area contributed by atoms with E-state index in [1.807, 2.05) is 0 Å². The fraction of sp³-hybridized carbons (Fsp3) is 0.826. The van der Waals surface area contributed by atoms with Crippen LogP contribution in [0, 0.1) is 34.5 Å². The summed E-state index contributed by atoms with van der Waals surface area (Å²) in [6, 6.07) is 0.155. The van der Waals surface area contributed by atoms with E-state index in [0.29, 0.717) is 24.2 Å². The maximum absolute atomic E-state index is 13.4. The minimum Gasteiger partial charge on any atom is -0.349 e. The van der Waals surface area contributed by atoms with Gasteiger partial charge in [-0.15, -0.1) is 0 Å². The highest BCUT2D eigenvalue weighted by Crippen LogP contribution is 2.65.